The van der Waals surface area contributed by atoms with Crippen molar-refractivity contribution in [1.29, 1.82) is 0 Å². The highest BCUT2D eigenvalue weighted by molar-refractivity contribution is 7.92. The number of aliphatic hydroxyl groups is 1. The predicted octanol–water partition coefficient (Wildman–Crippen LogP) is -0.587. The van der Waals surface area contributed by atoms with E-state index < -0.39 is 9.84 Å². The molecule has 0 saturated carbocycles. The highest BCUT2D eigenvalue weighted by atomic mass is 32.2. The number of sulfone groups is 1. The van der Waals surface area contributed by atoms with Gasteiger partial charge in [-0.2, -0.15) is 0 Å². The van der Waals surface area contributed by atoms with Gasteiger partial charge in [0, 0.05) is 5.41 Å². The molecule has 9 heavy (non-hydrogen) atoms. The van der Waals surface area contributed by atoms with Gasteiger partial charge < -0.3 is 5.11 Å². The normalized spacial score (nSPS) is 29.1. The lowest BCUT2D eigenvalue weighted by Gasteiger charge is -2.35. The molecule has 4 heteroatoms. The minimum Gasteiger partial charge on any atom is -0.396 e. The monoisotopic (exact) mass is 150 g/mol. The van der Waals surface area contributed by atoms with Gasteiger partial charge in [0.05, 0.1) is 18.1 Å². The van der Waals surface area contributed by atoms with Crippen LogP contribution in [0.25, 0.3) is 0 Å². The van der Waals surface area contributed by atoms with Crippen LogP contribution in [0, 0.1) is 5.41 Å². The van der Waals surface area contributed by atoms with Gasteiger partial charge in [-0.25, -0.2) is 8.42 Å². The van der Waals surface area contributed by atoms with Gasteiger partial charge in [0.1, 0.15) is 0 Å². The molecular formula is C5H10O3S. The van der Waals surface area contributed by atoms with Crippen LogP contribution in [0.15, 0.2) is 0 Å². The summed E-state index contributed by atoms with van der Waals surface area (Å²) in [5, 5.41) is 8.61. The van der Waals surface area contributed by atoms with E-state index in [1.165, 1.54) is 0 Å². The van der Waals surface area contributed by atoms with Gasteiger partial charge in [-0.3, -0.25) is 0 Å². The molecule has 3 nitrogen and oxygen atoms in total. The second-order valence-electron chi connectivity index (χ2n) is 3.00. The summed E-state index contributed by atoms with van der Waals surface area (Å²) in [5.41, 5.74) is -0.334. The van der Waals surface area contributed by atoms with Crippen LogP contribution in [0.2, 0.25) is 0 Å². The first-order chi connectivity index (χ1) is 3.97. The van der Waals surface area contributed by atoms with E-state index in [2.05, 4.69) is 0 Å². The molecule has 0 bridgehead atoms. The highest BCUT2D eigenvalue weighted by Crippen LogP contribution is 2.30. The van der Waals surface area contributed by atoms with E-state index in [-0.39, 0.29) is 23.5 Å². The molecule has 0 aliphatic carbocycles. The molecule has 0 amide bonds. The van der Waals surface area contributed by atoms with Gasteiger partial charge in [-0.1, -0.05) is 6.92 Å². The third kappa shape index (κ3) is 1.24. The highest BCUT2D eigenvalue weighted by Gasteiger charge is 2.43. The fraction of sp³-hybridized carbons (Fsp3) is 1.00. The van der Waals surface area contributed by atoms with Crippen molar-refractivity contribution in [3.63, 3.8) is 0 Å². The molecule has 54 valence electrons. The molecular weight excluding hydrogens is 140 g/mol. The Morgan fingerprint density at radius 2 is 2.00 bits per heavy atom. The number of hydrogen-bond donors (Lipinski definition) is 1. The minimum atomic E-state index is -2.76. The molecule has 0 spiro atoms. The van der Waals surface area contributed by atoms with Gasteiger partial charge >= 0.3 is 0 Å². The van der Waals surface area contributed by atoms with Crippen LogP contribution in [0.1, 0.15) is 6.92 Å². The Hall–Kier alpha value is -0.0900. The maximum atomic E-state index is 10.6. The number of hydrogen-bond acceptors (Lipinski definition) is 3. The van der Waals surface area contributed by atoms with Crippen molar-refractivity contribution in [3.05, 3.63) is 0 Å². The summed E-state index contributed by atoms with van der Waals surface area (Å²) >= 11 is 0. The molecule has 1 fully saturated rings. The molecule has 1 N–H and O–H groups in total. The standard InChI is InChI=1S/C5H10O3S/c1-5(2-6)3-9(7,8)4-5/h6H,2-4H2,1H3. The van der Waals surface area contributed by atoms with Crippen LogP contribution >= 0.6 is 0 Å². The number of aliphatic hydroxyl groups excluding tert-OH is 1. The van der Waals surface area contributed by atoms with Crippen LogP contribution in [-0.4, -0.2) is 31.6 Å². The third-order valence-electron chi connectivity index (χ3n) is 1.52. The van der Waals surface area contributed by atoms with Crippen molar-refractivity contribution in [2.45, 2.75) is 6.92 Å². The Balaban J connectivity index is 2.61. The van der Waals surface area contributed by atoms with Crippen LogP contribution in [-0.2, 0) is 9.84 Å². The lowest BCUT2D eigenvalue weighted by Crippen LogP contribution is -2.48. The van der Waals surface area contributed by atoms with Crippen molar-refractivity contribution >= 4 is 9.84 Å². The maximum Gasteiger partial charge on any atom is 0.151 e. The van der Waals surface area contributed by atoms with Gasteiger partial charge in [-0.05, 0) is 0 Å². The molecule has 1 aliphatic rings. The Morgan fingerprint density at radius 3 is 2.11 bits per heavy atom. The Labute approximate surface area is 54.6 Å². The van der Waals surface area contributed by atoms with Gasteiger partial charge in [-0.15, -0.1) is 0 Å². The predicted molar refractivity (Wildman–Crippen MR) is 33.8 cm³/mol. The van der Waals surface area contributed by atoms with Crippen LogP contribution < -0.4 is 0 Å². The Bertz CT molecular complexity index is 192. The Kier molecular flexibility index (Phi) is 1.33. The summed E-state index contributed by atoms with van der Waals surface area (Å²) in [5.74, 6) is 0.299. The van der Waals surface area contributed by atoms with E-state index in [4.69, 9.17) is 5.11 Å². The minimum absolute atomic E-state index is 0.0216. The fourth-order valence-electron chi connectivity index (χ4n) is 1.11. The molecule has 0 unspecified atom stereocenters. The molecule has 0 radical (unpaired) electrons. The first-order valence-electron chi connectivity index (χ1n) is 2.79. The molecule has 0 aromatic rings. The zero-order valence-corrected chi connectivity index (χ0v) is 6.11. The summed E-state index contributed by atoms with van der Waals surface area (Å²) in [7, 11) is -2.76. The molecule has 0 aromatic carbocycles. The second kappa shape index (κ2) is 1.70. The van der Waals surface area contributed by atoms with Gasteiger partial charge in [0.2, 0.25) is 0 Å². The van der Waals surface area contributed by atoms with E-state index in [0.29, 0.717) is 0 Å². The van der Waals surface area contributed by atoms with E-state index in [0.717, 1.165) is 0 Å². The van der Waals surface area contributed by atoms with E-state index >= 15 is 0 Å². The smallest absolute Gasteiger partial charge is 0.151 e. The van der Waals surface area contributed by atoms with E-state index in [1.54, 1.807) is 6.92 Å². The number of rotatable bonds is 1. The first kappa shape index (κ1) is 7.02. The molecule has 1 saturated heterocycles. The van der Waals surface area contributed by atoms with Crippen LogP contribution in [0.5, 0.6) is 0 Å². The lowest BCUT2D eigenvalue weighted by atomic mass is 9.97. The summed E-state index contributed by atoms with van der Waals surface area (Å²) in [6, 6.07) is 0. The third-order valence-corrected chi connectivity index (χ3v) is 3.79. The van der Waals surface area contributed by atoms with E-state index in [1.807, 2.05) is 0 Å². The summed E-state index contributed by atoms with van der Waals surface area (Å²) in [6.07, 6.45) is 0. The summed E-state index contributed by atoms with van der Waals surface area (Å²) < 4.78 is 21.1. The maximum absolute atomic E-state index is 10.6. The molecule has 0 aromatic heterocycles. The van der Waals surface area contributed by atoms with Crippen LogP contribution in [0.4, 0.5) is 0 Å². The zero-order valence-electron chi connectivity index (χ0n) is 5.29. The topological polar surface area (TPSA) is 54.4 Å². The van der Waals surface area contributed by atoms with E-state index in [9.17, 15) is 8.42 Å². The summed E-state index contributed by atoms with van der Waals surface area (Å²) in [4.78, 5) is 0. The average molecular weight is 150 g/mol. The molecule has 1 rings (SSSR count). The van der Waals surface area contributed by atoms with Crippen molar-refractivity contribution < 1.29 is 13.5 Å². The van der Waals surface area contributed by atoms with Crippen molar-refractivity contribution in [2.24, 2.45) is 5.41 Å². The van der Waals surface area contributed by atoms with Crippen molar-refractivity contribution in [2.75, 3.05) is 18.1 Å². The second-order valence-corrected chi connectivity index (χ2v) is 5.07. The van der Waals surface area contributed by atoms with Crippen molar-refractivity contribution in [1.82, 2.24) is 0 Å². The largest absolute Gasteiger partial charge is 0.396 e. The van der Waals surface area contributed by atoms with Gasteiger partial charge in [0.25, 0.3) is 0 Å². The lowest BCUT2D eigenvalue weighted by molar-refractivity contribution is 0.167. The summed E-state index contributed by atoms with van der Waals surface area (Å²) in [6.45, 7) is 1.75. The quantitative estimate of drug-likeness (QED) is 0.543. The molecule has 1 aliphatic heterocycles. The van der Waals surface area contributed by atoms with Gasteiger partial charge in [0.15, 0.2) is 9.84 Å². The average Bonchev–Trinajstić information content (AvgIpc) is 1.61. The fourth-order valence-corrected chi connectivity index (χ4v) is 3.33. The molecule has 0 atom stereocenters. The van der Waals surface area contributed by atoms with Crippen LogP contribution in [0.3, 0.4) is 0 Å². The van der Waals surface area contributed by atoms with Crippen molar-refractivity contribution in [3.8, 4) is 0 Å². The zero-order chi connectivity index (χ0) is 7.12. The first-order valence-corrected chi connectivity index (χ1v) is 4.61. The Morgan fingerprint density at radius 1 is 1.56 bits per heavy atom. The molecule has 1 heterocycles. The SMILES string of the molecule is CC1(CO)CS(=O)(=O)C1.